The zero-order chi connectivity index (χ0) is 11.6. The first kappa shape index (κ1) is 11.7. The van der Waals surface area contributed by atoms with E-state index in [4.69, 9.17) is 9.84 Å². The van der Waals surface area contributed by atoms with Gasteiger partial charge in [0.25, 0.3) is 0 Å². The molecule has 0 aromatic rings. The molecule has 2 fully saturated rings. The summed E-state index contributed by atoms with van der Waals surface area (Å²) in [5.74, 6) is 0.138. The molecule has 0 aromatic heterocycles. The maximum absolute atomic E-state index is 11.8. The van der Waals surface area contributed by atoms with Crippen molar-refractivity contribution in [2.45, 2.75) is 18.0 Å². The third kappa shape index (κ3) is 2.16. The Bertz CT molecular complexity index is 298. The minimum atomic E-state index is -1.23. The quantitative estimate of drug-likeness (QED) is 0.592. The van der Waals surface area contributed by atoms with E-state index in [2.05, 4.69) is 10.6 Å². The molecule has 0 spiro atoms. The van der Waals surface area contributed by atoms with Crippen LogP contribution in [0.3, 0.4) is 0 Å². The molecule has 2 aliphatic heterocycles. The molecule has 2 rings (SSSR count). The van der Waals surface area contributed by atoms with E-state index in [0.717, 1.165) is 5.88 Å². The molecule has 2 unspecified atom stereocenters. The van der Waals surface area contributed by atoms with E-state index in [9.17, 15) is 9.59 Å². The molecule has 2 saturated heterocycles. The van der Waals surface area contributed by atoms with Crippen molar-refractivity contribution in [3.63, 3.8) is 0 Å². The molecule has 16 heavy (non-hydrogen) atoms. The summed E-state index contributed by atoms with van der Waals surface area (Å²) in [4.78, 5) is 23.0. The molecular weight excluding hydrogens is 232 g/mol. The lowest BCUT2D eigenvalue weighted by Crippen LogP contribution is -2.59. The van der Waals surface area contributed by atoms with Gasteiger partial charge in [0.2, 0.25) is 5.91 Å². The molecule has 2 heterocycles. The van der Waals surface area contributed by atoms with E-state index in [0.29, 0.717) is 18.8 Å². The number of nitrogens with one attached hydrogen (secondary N) is 2. The topological polar surface area (TPSA) is 87.7 Å². The van der Waals surface area contributed by atoms with Crippen LogP contribution in [0.25, 0.3) is 0 Å². The number of hydrogen-bond donors (Lipinski definition) is 3. The first-order valence-electron chi connectivity index (χ1n) is 5.08. The Hall–Kier alpha value is -0.790. The van der Waals surface area contributed by atoms with Crippen molar-refractivity contribution < 1.29 is 19.4 Å². The number of carboxylic acid groups (broad SMARTS) is 1. The van der Waals surface area contributed by atoms with Gasteiger partial charge >= 0.3 is 5.97 Å². The molecule has 0 bridgehead atoms. The van der Waals surface area contributed by atoms with E-state index in [-0.39, 0.29) is 18.6 Å². The summed E-state index contributed by atoms with van der Waals surface area (Å²) >= 11 is 1.63. The van der Waals surface area contributed by atoms with Gasteiger partial charge in [-0.25, -0.2) is 4.79 Å². The van der Waals surface area contributed by atoms with E-state index < -0.39 is 11.5 Å². The monoisotopic (exact) mass is 246 g/mol. The van der Waals surface area contributed by atoms with Crippen molar-refractivity contribution in [2.75, 3.05) is 24.8 Å². The Morgan fingerprint density at radius 2 is 2.38 bits per heavy atom. The Morgan fingerprint density at radius 1 is 1.56 bits per heavy atom. The Balaban J connectivity index is 2.00. The van der Waals surface area contributed by atoms with Gasteiger partial charge in [0.1, 0.15) is 0 Å². The van der Waals surface area contributed by atoms with Gasteiger partial charge in [-0.1, -0.05) is 0 Å². The fourth-order valence-electron chi connectivity index (χ4n) is 1.77. The van der Waals surface area contributed by atoms with Crippen LogP contribution in [-0.2, 0) is 14.3 Å². The maximum atomic E-state index is 11.8. The summed E-state index contributed by atoms with van der Waals surface area (Å²) in [6, 6.07) is -0.290. The molecule has 90 valence electrons. The van der Waals surface area contributed by atoms with E-state index in [1.54, 1.807) is 11.8 Å². The molecule has 6 nitrogen and oxygen atoms in total. The summed E-state index contributed by atoms with van der Waals surface area (Å²) in [7, 11) is 0. The van der Waals surface area contributed by atoms with Crippen LogP contribution >= 0.6 is 11.8 Å². The Kier molecular flexibility index (Phi) is 3.36. The van der Waals surface area contributed by atoms with Crippen LogP contribution in [0.2, 0.25) is 0 Å². The average Bonchev–Trinajstić information content (AvgIpc) is 2.88. The lowest BCUT2D eigenvalue weighted by Gasteiger charge is -2.25. The fourth-order valence-corrected chi connectivity index (χ4v) is 2.71. The summed E-state index contributed by atoms with van der Waals surface area (Å²) in [6.45, 7) is 0.424. The number of carboxylic acids is 1. The van der Waals surface area contributed by atoms with Gasteiger partial charge in [-0.15, -0.1) is 11.8 Å². The zero-order valence-electron chi connectivity index (χ0n) is 8.69. The highest BCUT2D eigenvalue weighted by Crippen LogP contribution is 2.20. The number of rotatable bonds is 3. The standard InChI is InChI=1S/C9H14N2O4S/c12-7(6-3-16-5-10-6)11-9(8(13)14)1-2-15-4-9/h6,10H,1-5H2,(H,11,12)(H,13,14). The van der Waals surface area contributed by atoms with Crippen LogP contribution in [0, 0.1) is 0 Å². The number of carbonyl (C=O) groups excluding carboxylic acids is 1. The predicted octanol–water partition coefficient (Wildman–Crippen LogP) is -0.991. The van der Waals surface area contributed by atoms with E-state index in [1.165, 1.54) is 0 Å². The van der Waals surface area contributed by atoms with Crippen molar-refractivity contribution in [2.24, 2.45) is 0 Å². The fraction of sp³-hybridized carbons (Fsp3) is 0.778. The highest BCUT2D eigenvalue weighted by molar-refractivity contribution is 7.99. The zero-order valence-corrected chi connectivity index (χ0v) is 9.51. The number of aliphatic carboxylic acids is 1. The average molecular weight is 246 g/mol. The van der Waals surface area contributed by atoms with Crippen LogP contribution in [0.15, 0.2) is 0 Å². The molecule has 0 aromatic carbocycles. The second-order valence-corrected chi connectivity index (χ2v) is 4.98. The third-order valence-electron chi connectivity index (χ3n) is 2.83. The molecular formula is C9H14N2O4S. The molecule has 0 saturated carbocycles. The summed E-state index contributed by atoms with van der Waals surface area (Å²) < 4.78 is 5.06. The van der Waals surface area contributed by atoms with Gasteiger partial charge in [0.15, 0.2) is 5.54 Å². The number of ether oxygens (including phenoxy) is 1. The van der Waals surface area contributed by atoms with Gasteiger partial charge in [0.05, 0.1) is 12.6 Å². The highest BCUT2D eigenvalue weighted by Gasteiger charge is 2.45. The SMILES string of the molecule is O=C(NC1(C(=O)O)CCOC1)C1CSCN1. The molecule has 2 atom stereocenters. The second kappa shape index (κ2) is 4.60. The molecule has 0 radical (unpaired) electrons. The Morgan fingerprint density at radius 3 is 2.88 bits per heavy atom. The van der Waals surface area contributed by atoms with Crippen molar-refractivity contribution in [1.82, 2.24) is 10.6 Å². The van der Waals surface area contributed by atoms with Crippen molar-refractivity contribution >= 4 is 23.6 Å². The smallest absolute Gasteiger partial charge is 0.331 e. The van der Waals surface area contributed by atoms with Gasteiger partial charge in [0, 0.05) is 24.7 Å². The second-order valence-electron chi connectivity index (χ2n) is 3.95. The van der Waals surface area contributed by atoms with Crippen LogP contribution in [0.4, 0.5) is 0 Å². The molecule has 7 heteroatoms. The highest BCUT2D eigenvalue weighted by atomic mass is 32.2. The predicted molar refractivity (Wildman–Crippen MR) is 58.2 cm³/mol. The first-order chi connectivity index (χ1) is 7.64. The van der Waals surface area contributed by atoms with Crippen LogP contribution < -0.4 is 10.6 Å². The number of thioether (sulfide) groups is 1. The maximum Gasteiger partial charge on any atom is 0.331 e. The Labute approximate surface area is 97.1 Å². The first-order valence-corrected chi connectivity index (χ1v) is 6.24. The van der Waals surface area contributed by atoms with Gasteiger partial charge in [-0.2, -0.15) is 0 Å². The number of hydrogen-bond acceptors (Lipinski definition) is 5. The van der Waals surface area contributed by atoms with Gasteiger partial charge in [-0.05, 0) is 0 Å². The van der Waals surface area contributed by atoms with E-state index >= 15 is 0 Å². The minimum Gasteiger partial charge on any atom is -0.479 e. The van der Waals surface area contributed by atoms with Crippen molar-refractivity contribution in [3.05, 3.63) is 0 Å². The minimum absolute atomic E-state index is 0.0495. The largest absolute Gasteiger partial charge is 0.479 e. The van der Waals surface area contributed by atoms with Crippen molar-refractivity contribution in [1.29, 1.82) is 0 Å². The molecule has 3 N–H and O–H groups in total. The van der Waals surface area contributed by atoms with Gasteiger partial charge in [-0.3, -0.25) is 10.1 Å². The van der Waals surface area contributed by atoms with Crippen LogP contribution in [0.5, 0.6) is 0 Å². The van der Waals surface area contributed by atoms with Crippen LogP contribution in [0.1, 0.15) is 6.42 Å². The van der Waals surface area contributed by atoms with E-state index in [1.807, 2.05) is 0 Å². The van der Waals surface area contributed by atoms with Crippen LogP contribution in [-0.4, -0.2) is 53.4 Å². The molecule has 1 amide bonds. The summed E-state index contributed by atoms with van der Waals surface area (Å²) in [5.41, 5.74) is -1.23. The third-order valence-corrected chi connectivity index (χ3v) is 3.77. The van der Waals surface area contributed by atoms with Gasteiger partial charge < -0.3 is 15.2 Å². The summed E-state index contributed by atoms with van der Waals surface area (Å²) in [6.07, 6.45) is 0.327. The lowest BCUT2D eigenvalue weighted by atomic mass is 9.98. The van der Waals surface area contributed by atoms with Crippen molar-refractivity contribution in [3.8, 4) is 0 Å². The lowest BCUT2D eigenvalue weighted by molar-refractivity contribution is -0.147. The number of amides is 1. The normalized spacial score (nSPS) is 33.9. The molecule has 0 aliphatic carbocycles. The number of carbonyl (C=O) groups is 2. The summed E-state index contributed by atoms with van der Waals surface area (Å²) in [5, 5.41) is 14.7. The molecule has 2 aliphatic rings.